The highest BCUT2D eigenvalue weighted by Crippen LogP contribution is 2.00. The molecule has 0 unspecified atom stereocenters. The fourth-order valence-corrected chi connectivity index (χ4v) is 1.17. The number of rotatable bonds is 5. The number of hydrogen-bond donors (Lipinski definition) is 1. The van der Waals surface area contributed by atoms with Crippen molar-refractivity contribution in [1.82, 2.24) is 4.90 Å². The van der Waals surface area contributed by atoms with Crippen LogP contribution in [-0.2, 0) is 19.1 Å². The summed E-state index contributed by atoms with van der Waals surface area (Å²) in [5.74, 6) is -2.30. The van der Waals surface area contributed by atoms with Crippen molar-refractivity contribution in [2.75, 3.05) is 19.7 Å². The zero-order valence-electron chi connectivity index (χ0n) is 9.86. The number of nitrogens with two attached hydrogens (primary N) is 1. The van der Waals surface area contributed by atoms with Crippen molar-refractivity contribution >= 4 is 17.8 Å². The maximum Gasteiger partial charge on any atom is 0.397 e. The smallest absolute Gasteiger partial charge is 0.397 e. The molecule has 0 fully saturated rings. The maximum absolute atomic E-state index is 11.5. The Labute approximate surface area is 94.7 Å². The Morgan fingerprint density at radius 3 is 2.25 bits per heavy atom. The van der Waals surface area contributed by atoms with E-state index in [1.54, 1.807) is 6.92 Å². The molecule has 0 heterocycles. The fourth-order valence-electron chi connectivity index (χ4n) is 1.17. The third kappa shape index (κ3) is 5.33. The Morgan fingerprint density at radius 1 is 1.31 bits per heavy atom. The lowest BCUT2D eigenvalue weighted by Gasteiger charge is -2.21. The largest absolute Gasteiger partial charge is 0.459 e. The van der Waals surface area contributed by atoms with Gasteiger partial charge in [0.2, 0.25) is 5.91 Å². The number of amides is 2. The standard InChI is InChI=1S/C10H18N2O4/c1-4-16-10(15)9(14)12(5-7(2)3)6-8(11)13/h7H,4-6H2,1-3H3,(H2,11,13). The molecule has 2 amide bonds. The molecule has 6 nitrogen and oxygen atoms in total. The second-order valence-corrected chi connectivity index (χ2v) is 3.77. The van der Waals surface area contributed by atoms with E-state index in [-0.39, 0.29) is 19.1 Å². The number of nitrogens with zero attached hydrogens (tertiary/aromatic N) is 1. The Morgan fingerprint density at radius 2 is 1.88 bits per heavy atom. The summed E-state index contributed by atoms with van der Waals surface area (Å²) in [6.45, 7) is 5.48. The van der Waals surface area contributed by atoms with Gasteiger partial charge in [-0.2, -0.15) is 0 Å². The van der Waals surface area contributed by atoms with Crippen molar-refractivity contribution in [2.24, 2.45) is 11.7 Å². The van der Waals surface area contributed by atoms with Crippen LogP contribution in [0, 0.1) is 5.92 Å². The summed E-state index contributed by atoms with van der Waals surface area (Å²) < 4.78 is 4.57. The molecule has 0 aromatic heterocycles. The van der Waals surface area contributed by atoms with Gasteiger partial charge in [-0.25, -0.2) is 4.79 Å². The van der Waals surface area contributed by atoms with Gasteiger partial charge in [0.05, 0.1) is 13.2 Å². The predicted octanol–water partition coefficient (Wildman–Crippen LogP) is -0.481. The van der Waals surface area contributed by atoms with Crippen LogP contribution in [0.15, 0.2) is 0 Å². The van der Waals surface area contributed by atoms with Gasteiger partial charge >= 0.3 is 11.9 Å². The lowest BCUT2D eigenvalue weighted by Crippen LogP contribution is -2.44. The van der Waals surface area contributed by atoms with Gasteiger partial charge in [-0.05, 0) is 12.8 Å². The molecular weight excluding hydrogens is 212 g/mol. The molecule has 16 heavy (non-hydrogen) atoms. The number of hydrogen-bond acceptors (Lipinski definition) is 4. The molecule has 0 saturated heterocycles. The van der Waals surface area contributed by atoms with Crippen molar-refractivity contribution < 1.29 is 19.1 Å². The Kier molecular flexibility index (Phi) is 6.14. The third-order valence-electron chi connectivity index (χ3n) is 1.67. The molecule has 0 radical (unpaired) electrons. The molecule has 0 rings (SSSR count). The number of carbonyl (C=O) groups excluding carboxylic acids is 3. The molecule has 6 heteroatoms. The Hall–Kier alpha value is -1.59. The van der Waals surface area contributed by atoms with Gasteiger partial charge in [0.25, 0.3) is 0 Å². The lowest BCUT2D eigenvalue weighted by atomic mass is 10.2. The van der Waals surface area contributed by atoms with Crippen LogP contribution < -0.4 is 5.73 Å². The van der Waals surface area contributed by atoms with Gasteiger partial charge < -0.3 is 15.4 Å². The SMILES string of the molecule is CCOC(=O)C(=O)N(CC(N)=O)CC(C)C. The van der Waals surface area contributed by atoms with E-state index in [9.17, 15) is 14.4 Å². The summed E-state index contributed by atoms with van der Waals surface area (Å²) in [5.41, 5.74) is 5.00. The van der Waals surface area contributed by atoms with E-state index in [0.29, 0.717) is 6.54 Å². The normalized spacial score (nSPS) is 10.0. The van der Waals surface area contributed by atoms with Gasteiger partial charge in [0, 0.05) is 6.54 Å². The molecule has 0 spiro atoms. The minimum Gasteiger partial charge on any atom is -0.459 e. The summed E-state index contributed by atoms with van der Waals surface area (Å²) in [6, 6.07) is 0. The lowest BCUT2D eigenvalue weighted by molar-refractivity contribution is -0.160. The average molecular weight is 230 g/mol. The molecule has 0 aromatic carbocycles. The summed E-state index contributed by atoms with van der Waals surface area (Å²) in [6.07, 6.45) is 0. The van der Waals surface area contributed by atoms with Crippen molar-refractivity contribution in [3.8, 4) is 0 Å². The second-order valence-electron chi connectivity index (χ2n) is 3.77. The number of primary amides is 1. The molecule has 92 valence electrons. The van der Waals surface area contributed by atoms with Crippen LogP contribution >= 0.6 is 0 Å². The highest BCUT2D eigenvalue weighted by Gasteiger charge is 2.24. The molecule has 0 aliphatic rings. The molecule has 0 aromatic rings. The third-order valence-corrected chi connectivity index (χ3v) is 1.67. The first-order valence-electron chi connectivity index (χ1n) is 5.12. The van der Waals surface area contributed by atoms with Crippen LogP contribution in [0.1, 0.15) is 20.8 Å². The van der Waals surface area contributed by atoms with Gasteiger partial charge in [0.15, 0.2) is 0 Å². The van der Waals surface area contributed by atoms with Crippen LogP contribution in [0.5, 0.6) is 0 Å². The van der Waals surface area contributed by atoms with E-state index in [1.165, 1.54) is 0 Å². The molecule has 0 aliphatic carbocycles. The Bertz CT molecular complexity index is 276. The van der Waals surface area contributed by atoms with Gasteiger partial charge in [0.1, 0.15) is 0 Å². The highest BCUT2D eigenvalue weighted by atomic mass is 16.5. The predicted molar refractivity (Wildman–Crippen MR) is 57.2 cm³/mol. The average Bonchev–Trinajstić information content (AvgIpc) is 2.14. The van der Waals surface area contributed by atoms with Gasteiger partial charge in [-0.15, -0.1) is 0 Å². The quantitative estimate of drug-likeness (QED) is 0.510. The summed E-state index contributed by atoms with van der Waals surface area (Å²) in [7, 11) is 0. The molecule has 2 N–H and O–H groups in total. The maximum atomic E-state index is 11.5. The van der Waals surface area contributed by atoms with Crippen LogP contribution in [0.25, 0.3) is 0 Å². The van der Waals surface area contributed by atoms with E-state index in [1.807, 2.05) is 13.8 Å². The second kappa shape index (κ2) is 6.81. The summed E-state index contributed by atoms with van der Waals surface area (Å²) in [4.78, 5) is 34.6. The van der Waals surface area contributed by atoms with E-state index in [2.05, 4.69) is 4.74 Å². The van der Waals surface area contributed by atoms with Crippen LogP contribution in [0.3, 0.4) is 0 Å². The topological polar surface area (TPSA) is 89.7 Å². The first-order chi connectivity index (χ1) is 7.38. The zero-order valence-corrected chi connectivity index (χ0v) is 9.86. The van der Waals surface area contributed by atoms with E-state index in [0.717, 1.165) is 4.90 Å². The molecule has 0 aliphatic heterocycles. The summed E-state index contributed by atoms with van der Waals surface area (Å²) in [5, 5.41) is 0. The minimum atomic E-state index is -0.954. The van der Waals surface area contributed by atoms with Crippen LogP contribution in [0.4, 0.5) is 0 Å². The minimum absolute atomic E-state index is 0.122. The van der Waals surface area contributed by atoms with Gasteiger partial charge in [-0.3, -0.25) is 9.59 Å². The van der Waals surface area contributed by atoms with Crippen molar-refractivity contribution in [2.45, 2.75) is 20.8 Å². The first-order valence-corrected chi connectivity index (χ1v) is 5.12. The van der Waals surface area contributed by atoms with E-state index >= 15 is 0 Å². The molecule has 0 saturated carbocycles. The first kappa shape index (κ1) is 14.4. The number of ether oxygens (including phenoxy) is 1. The van der Waals surface area contributed by atoms with Crippen molar-refractivity contribution in [3.05, 3.63) is 0 Å². The zero-order chi connectivity index (χ0) is 12.7. The van der Waals surface area contributed by atoms with Crippen LogP contribution in [0.2, 0.25) is 0 Å². The van der Waals surface area contributed by atoms with Crippen molar-refractivity contribution in [3.63, 3.8) is 0 Å². The molecular formula is C10H18N2O4. The number of carbonyl (C=O) groups is 3. The summed E-state index contributed by atoms with van der Waals surface area (Å²) >= 11 is 0. The van der Waals surface area contributed by atoms with Crippen LogP contribution in [-0.4, -0.2) is 42.4 Å². The molecule has 0 bridgehead atoms. The highest BCUT2D eigenvalue weighted by molar-refractivity contribution is 6.32. The van der Waals surface area contributed by atoms with Crippen molar-refractivity contribution in [1.29, 1.82) is 0 Å². The molecule has 0 atom stereocenters. The Balaban J connectivity index is 4.54. The number of esters is 1. The van der Waals surface area contributed by atoms with E-state index in [4.69, 9.17) is 5.73 Å². The fraction of sp³-hybridized carbons (Fsp3) is 0.700. The van der Waals surface area contributed by atoms with E-state index < -0.39 is 17.8 Å². The monoisotopic (exact) mass is 230 g/mol. The van der Waals surface area contributed by atoms with Gasteiger partial charge in [-0.1, -0.05) is 13.8 Å².